The van der Waals surface area contributed by atoms with Crippen LogP contribution in [0.25, 0.3) is 0 Å². The maximum Gasteiger partial charge on any atom is 0.191 e. The minimum atomic E-state index is -0.226. The van der Waals surface area contributed by atoms with Gasteiger partial charge in [0.25, 0.3) is 0 Å². The highest BCUT2D eigenvalue weighted by molar-refractivity contribution is 14.0. The number of rotatable bonds is 8. The molecule has 0 aliphatic rings. The van der Waals surface area contributed by atoms with Gasteiger partial charge in [-0.2, -0.15) is 0 Å². The van der Waals surface area contributed by atoms with Crippen LogP contribution in [0.5, 0.6) is 0 Å². The lowest BCUT2D eigenvalue weighted by Crippen LogP contribution is -2.37. The zero-order chi connectivity index (χ0) is 17.2. The van der Waals surface area contributed by atoms with Crippen LogP contribution in [0.3, 0.4) is 0 Å². The summed E-state index contributed by atoms with van der Waals surface area (Å²) in [7, 11) is 0. The molecule has 0 bridgehead atoms. The van der Waals surface area contributed by atoms with Crippen molar-refractivity contribution in [3.05, 3.63) is 53.9 Å². The second-order valence-electron chi connectivity index (χ2n) is 5.63. The van der Waals surface area contributed by atoms with E-state index < -0.39 is 0 Å². The second kappa shape index (κ2) is 11.8. The molecule has 0 fully saturated rings. The molecular weight excluding hydrogens is 432 g/mol. The van der Waals surface area contributed by atoms with E-state index in [2.05, 4.69) is 25.2 Å². The van der Waals surface area contributed by atoms with Crippen LogP contribution in [0.4, 0.5) is 4.39 Å². The van der Waals surface area contributed by atoms with Crippen LogP contribution in [-0.4, -0.2) is 28.6 Å². The smallest absolute Gasteiger partial charge is 0.191 e. The minimum Gasteiger partial charge on any atom is -0.357 e. The molecule has 25 heavy (non-hydrogen) atoms. The van der Waals surface area contributed by atoms with Crippen LogP contribution in [0.2, 0.25) is 0 Å². The Labute approximate surface area is 166 Å². The van der Waals surface area contributed by atoms with Gasteiger partial charge in [0.05, 0.1) is 6.54 Å². The fraction of sp³-hybridized carbons (Fsp3) is 0.444. The van der Waals surface area contributed by atoms with Gasteiger partial charge >= 0.3 is 0 Å². The predicted molar refractivity (Wildman–Crippen MR) is 111 cm³/mol. The normalized spacial score (nSPS) is 11.1. The summed E-state index contributed by atoms with van der Waals surface area (Å²) in [5, 5.41) is 6.53. The fourth-order valence-electron chi connectivity index (χ4n) is 2.40. The van der Waals surface area contributed by atoms with Crippen molar-refractivity contribution in [3.8, 4) is 0 Å². The molecule has 2 aromatic rings. The maximum absolute atomic E-state index is 13.2. The molecule has 7 heteroatoms. The first kappa shape index (κ1) is 21.4. The molecule has 0 atom stereocenters. The van der Waals surface area contributed by atoms with E-state index in [1.54, 1.807) is 6.07 Å². The van der Waals surface area contributed by atoms with Gasteiger partial charge in [-0.25, -0.2) is 14.4 Å². The first-order valence-corrected chi connectivity index (χ1v) is 8.43. The number of imidazole rings is 1. The topological polar surface area (TPSA) is 54.2 Å². The highest BCUT2D eigenvalue weighted by Crippen LogP contribution is 2.04. The summed E-state index contributed by atoms with van der Waals surface area (Å²) in [6.45, 7) is 7.12. The Morgan fingerprint density at radius 3 is 2.80 bits per heavy atom. The number of halogens is 2. The van der Waals surface area contributed by atoms with Crippen molar-refractivity contribution in [2.24, 2.45) is 4.99 Å². The average Bonchev–Trinajstić information content (AvgIpc) is 2.97. The van der Waals surface area contributed by atoms with E-state index in [-0.39, 0.29) is 29.8 Å². The van der Waals surface area contributed by atoms with Crippen LogP contribution < -0.4 is 10.6 Å². The summed E-state index contributed by atoms with van der Waals surface area (Å²) in [4.78, 5) is 8.72. The van der Waals surface area contributed by atoms with Gasteiger partial charge in [-0.3, -0.25) is 0 Å². The number of benzene rings is 1. The highest BCUT2D eigenvalue weighted by atomic mass is 127. The Bertz CT molecular complexity index is 656. The van der Waals surface area contributed by atoms with Crippen molar-refractivity contribution in [3.63, 3.8) is 0 Å². The van der Waals surface area contributed by atoms with Gasteiger partial charge in [0.15, 0.2) is 5.96 Å². The number of unbranched alkanes of at least 4 members (excludes halogenated alkanes) is 1. The van der Waals surface area contributed by atoms with E-state index in [4.69, 9.17) is 0 Å². The Kier molecular flexibility index (Phi) is 10.1. The molecule has 0 unspecified atom stereocenters. The monoisotopic (exact) mass is 459 g/mol. The zero-order valence-electron chi connectivity index (χ0n) is 14.8. The van der Waals surface area contributed by atoms with Crippen LogP contribution in [0.15, 0.2) is 41.7 Å². The number of guanidine groups is 1. The molecule has 0 aliphatic heterocycles. The number of nitrogens with one attached hydrogen (secondary N) is 2. The quantitative estimate of drug-likeness (QED) is 0.275. The van der Waals surface area contributed by atoms with Crippen molar-refractivity contribution < 1.29 is 4.39 Å². The van der Waals surface area contributed by atoms with E-state index in [1.807, 2.05) is 32.3 Å². The molecule has 0 radical (unpaired) electrons. The van der Waals surface area contributed by atoms with Gasteiger partial charge in [-0.05, 0) is 44.4 Å². The summed E-state index contributed by atoms with van der Waals surface area (Å²) in [5.41, 5.74) is 0.864. The lowest BCUT2D eigenvalue weighted by molar-refractivity contribution is 0.588. The third-order valence-corrected chi connectivity index (χ3v) is 3.69. The molecule has 2 rings (SSSR count). The van der Waals surface area contributed by atoms with Crippen molar-refractivity contribution in [1.82, 2.24) is 20.2 Å². The molecule has 1 aromatic carbocycles. The fourth-order valence-corrected chi connectivity index (χ4v) is 2.40. The van der Waals surface area contributed by atoms with E-state index >= 15 is 0 Å². The predicted octanol–water partition coefficient (Wildman–Crippen LogP) is 3.48. The number of nitrogens with zero attached hydrogens (tertiary/aromatic N) is 3. The van der Waals surface area contributed by atoms with E-state index in [0.717, 1.165) is 49.8 Å². The highest BCUT2D eigenvalue weighted by Gasteiger charge is 2.00. The largest absolute Gasteiger partial charge is 0.357 e. The van der Waals surface area contributed by atoms with Crippen molar-refractivity contribution >= 4 is 29.9 Å². The Balaban J connectivity index is 0.00000312. The number of hydrogen-bond acceptors (Lipinski definition) is 2. The van der Waals surface area contributed by atoms with Crippen molar-refractivity contribution in [2.75, 3.05) is 13.1 Å². The van der Waals surface area contributed by atoms with Gasteiger partial charge in [0.1, 0.15) is 11.6 Å². The zero-order valence-corrected chi connectivity index (χ0v) is 17.2. The van der Waals surface area contributed by atoms with Crippen LogP contribution in [-0.2, 0) is 13.1 Å². The molecule has 2 N–H and O–H groups in total. The number of aryl methyl sites for hydroxylation is 2. The first-order chi connectivity index (χ1) is 11.7. The van der Waals surface area contributed by atoms with Gasteiger partial charge in [-0.1, -0.05) is 12.1 Å². The Hall–Kier alpha value is -1.64. The molecule has 138 valence electrons. The summed E-state index contributed by atoms with van der Waals surface area (Å²) in [6.07, 6.45) is 5.96. The lowest BCUT2D eigenvalue weighted by Gasteiger charge is -2.11. The molecule has 0 spiro atoms. The van der Waals surface area contributed by atoms with Gasteiger partial charge in [0, 0.05) is 32.0 Å². The van der Waals surface area contributed by atoms with Crippen LogP contribution in [0, 0.1) is 12.7 Å². The van der Waals surface area contributed by atoms with E-state index in [0.29, 0.717) is 6.54 Å². The lowest BCUT2D eigenvalue weighted by atomic mass is 10.2. The summed E-state index contributed by atoms with van der Waals surface area (Å²) >= 11 is 0. The number of aliphatic imine (C=N–C) groups is 1. The average molecular weight is 459 g/mol. The van der Waals surface area contributed by atoms with Crippen LogP contribution in [0.1, 0.15) is 31.2 Å². The summed E-state index contributed by atoms with van der Waals surface area (Å²) in [6, 6.07) is 6.54. The Morgan fingerprint density at radius 1 is 1.28 bits per heavy atom. The molecule has 0 amide bonds. The molecule has 1 aromatic heterocycles. The second-order valence-corrected chi connectivity index (χ2v) is 5.63. The minimum absolute atomic E-state index is 0. The number of aromatic nitrogens is 2. The van der Waals surface area contributed by atoms with Crippen molar-refractivity contribution in [2.45, 2.75) is 39.8 Å². The maximum atomic E-state index is 13.2. The molecule has 0 saturated carbocycles. The SMILES string of the molecule is CCNC(=NCc1cccc(F)c1)NCCCCn1ccnc1C.I. The summed E-state index contributed by atoms with van der Waals surface area (Å²) < 4.78 is 15.3. The first-order valence-electron chi connectivity index (χ1n) is 8.43. The van der Waals surface area contributed by atoms with Crippen LogP contribution >= 0.6 is 24.0 Å². The van der Waals surface area contributed by atoms with Gasteiger partial charge < -0.3 is 15.2 Å². The summed E-state index contributed by atoms with van der Waals surface area (Å²) in [5.74, 6) is 1.59. The molecule has 5 nitrogen and oxygen atoms in total. The van der Waals surface area contributed by atoms with E-state index in [9.17, 15) is 4.39 Å². The Morgan fingerprint density at radius 2 is 2.12 bits per heavy atom. The van der Waals surface area contributed by atoms with Crippen molar-refractivity contribution in [1.29, 1.82) is 0 Å². The van der Waals surface area contributed by atoms with E-state index in [1.165, 1.54) is 12.1 Å². The third-order valence-electron chi connectivity index (χ3n) is 3.69. The third kappa shape index (κ3) is 7.85. The van der Waals surface area contributed by atoms with Gasteiger partial charge in [-0.15, -0.1) is 24.0 Å². The molecular formula is C18H27FIN5. The molecule has 1 heterocycles. The standard InChI is InChI=1S/C18H26FN5.HI/c1-3-20-18(23-14-16-7-6-8-17(19)13-16)22-9-4-5-11-24-12-10-21-15(24)2;/h6-8,10,12-13H,3-5,9,11,14H2,1-2H3,(H2,20,22,23);1H. The molecule has 0 saturated heterocycles. The number of hydrogen-bond donors (Lipinski definition) is 2. The molecule has 0 aliphatic carbocycles. The van der Waals surface area contributed by atoms with Gasteiger partial charge in [0.2, 0.25) is 0 Å².